The summed E-state index contributed by atoms with van der Waals surface area (Å²) in [4.78, 5) is 11.9. The van der Waals surface area contributed by atoms with E-state index in [0.29, 0.717) is 6.54 Å². The molecule has 0 saturated carbocycles. The summed E-state index contributed by atoms with van der Waals surface area (Å²) in [5.41, 5.74) is 2.04. The van der Waals surface area contributed by atoms with Gasteiger partial charge >= 0.3 is 5.69 Å². The van der Waals surface area contributed by atoms with Gasteiger partial charge in [0.1, 0.15) is 12.1 Å². The molecule has 0 saturated heterocycles. The van der Waals surface area contributed by atoms with Crippen molar-refractivity contribution in [3.63, 3.8) is 0 Å². The molecular weight excluding hydrogens is 256 g/mol. The molecule has 0 radical (unpaired) electrons. The van der Waals surface area contributed by atoms with Crippen molar-refractivity contribution in [3.05, 3.63) is 46.1 Å². The molecular formula is C14H20N4O2. The summed E-state index contributed by atoms with van der Waals surface area (Å²) in [6.07, 6.45) is 1.52. The third-order valence-electron chi connectivity index (χ3n) is 3.35. The van der Waals surface area contributed by atoms with Crippen molar-refractivity contribution in [2.75, 3.05) is 14.2 Å². The van der Waals surface area contributed by atoms with Crippen LogP contribution in [0.5, 0.6) is 5.75 Å². The number of likely N-dealkylation sites (N-methyl/N-ethyl adjacent to an activating group) is 1. The number of nitrogens with one attached hydrogen (secondary N) is 1. The Morgan fingerprint density at radius 2 is 2.20 bits per heavy atom. The topological polar surface area (TPSA) is 61.1 Å². The lowest BCUT2D eigenvalue weighted by Crippen LogP contribution is -2.30. The molecule has 2 rings (SSSR count). The number of rotatable bonds is 5. The van der Waals surface area contributed by atoms with Crippen LogP contribution in [0.15, 0.2) is 29.3 Å². The van der Waals surface area contributed by atoms with E-state index in [0.717, 1.165) is 16.9 Å². The first-order valence-electron chi connectivity index (χ1n) is 6.47. The number of nitrogens with zero attached hydrogens (tertiary/aromatic N) is 3. The fourth-order valence-corrected chi connectivity index (χ4v) is 2.19. The number of aromatic nitrogens is 3. The average Bonchev–Trinajstić information content (AvgIpc) is 2.76. The second kappa shape index (κ2) is 5.92. The molecule has 0 fully saturated rings. The van der Waals surface area contributed by atoms with Gasteiger partial charge in [-0.1, -0.05) is 17.7 Å². The van der Waals surface area contributed by atoms with E-state index in [9.17, 15) is 4.79 Å². The summed E-state index contributed by atoms with van der Waals surface area (Å²) in [7, 11) is 5.20. The van der Waals surface area contributed by atoms with E-state index < -0.39 is 0 Å². The Bertz CT molecular complexity index is 645. The number of hydrogen-bond acceptors (Lipinski definition) is 4. The standard InChI is InChI=1S/C14H20N4O2/c1-10-5-6-13(20-4)11(7-10)12(15-2)8-18-14(19)17(3)9-16-18/h5-7,9,12,15H,8H2,1-4H3. The van der Waals surface area contributed by atoms with Gasteiger partial charge in [0, 0.05) is 12.6 Å². The maximum absolute atomic E-state index is 11.9. The molecule has 0 spiro atoms. The van der Waals surface area contributed by atoms with Gasteiger partial charge in [-0.2, -0.15) is 5.10 Å². The minimum atomic E-state index is -0.128. The molecule has 1 aromatic carbocycles. The number of methoxy groups -OCH3 is 1. The number of benzene rings is 1. The quantitative estimate of drug-likeness (QED) is 0.880. The van der Waals surface area contributed by atoms with Crippen LogP contribution in [0.4, 0.5) is 0 Å². The van der Waals surface area contributed by atoms with Crippen LogP contribution in [-0.2, 0) is 13.6 Å². The molecule has 1 heterocycles. The highest BCUT2D eigenvalue weighted by molar-refractivity contribution is 5.39. The highest BCUT2D eigenvalue weighted by atomic mass is 16.5. The third kappa shape index (κ3) is 2.75. The van der Waals surface area contributed by atoms with Crippen molar-refractivity contribution in [2.45, 2.75) is 19.5 Å². The minimum Gasteiger partial charge on any atom is -0.496 e. The Morgan fingerprint density at radius 1 is 1.45 bits per heavy atom. The summed E-state index contributed by atoms with van der Waals surface area (Å²) >= 11 is 0. The zero-order valence-electron chi connectivity index (χ0n) is 12.3. The highest BCUT2D eigenvalue weighted by Crippen LogP contribution is 2.26. The zero-order valence-corrected chi connectivity index (χ0v) is 12.3. The molecule has 1 atom stereocenters. The van der Waals surface area contributed by atoms with Crippen molar-refractivity contribution in [2.24, 2.45) is 7.05 Å². The fraction of sp³-hybridized carbons (Fsp3) is 0.429. The first kappa shape index (κ1) is 14.3. The maximum atomic E-state index is 11.9. The van der Waals surface area contributed by atoms with Crippen molar-refractivity contribution in [1.82, 2.24) is 19.7 Å². The van der Waals surface area contributed by atoms with E-state index in [2.05, 4.69) is 16.5 Å². The second-order valence-corrected chi connectivity index (χ2v) is 4.79. The first-order valence-corrected chi connectivity index (χ1v) is 6.47. The van der Waals surface area contributed by atoms with Crippen LogP contribution in [-0.4, -0.2) is 28.5 Å². The second-order valence-electron chi connectivity index (χ2n) is 4.79. The highest BCUT2D eigenvalue weighted by Gasteiger charge is 2.17. The first-order chi connectivity index (χ1) is 9.56. The van der Waals surface area contributed by atoms with Crippen LogP contribution in [0, 0.1) is 6.92 Å². The Balaban J connectivity index is 2.35. The van der Waals surface area contributed by atoms with Gasteiger partial charge in [-0.3, -0.25) is 4.57 Å². The summed E-state index contributed by atoms with van der Waals surface area (Å²) in [5, 5.41) is 7.31. The Kier molecular flexibility index (Phi) is 4.24. The number of ether oxygens (including phenoxy) is 1. The molecule has 0 aliphatic rings. The molecule has 0 amide bonds. The van der Waals surface area contributed by atoms with E-state index in [1.165, 1.54) is 15.6 Å². The molecule has 6 heteroatoms. The van der Waals surface area contributed by atoms with Gasteiger partial charge in [0.15, 0.2) is 0 Å². The van der Waals surface area contributed by atoms with Crippen LogP contribution in [0.2, 0.25) is 0 Å². The molecule has 0 aliphatic carbocycles. The molecule has 0 aliphatic heterocycles. The monoisotopic (exact) mass is 276 g/mol. The van der Waals surface area contributed by atoms with Gasteiger partial charge in [0.05, 0.1) is 19.7 Å². The lowest BCUT2D eigenvalue weighted by molar-refractivity contribution is 0.388. The van der Waals surface area contributed by atoms with Crippen molar-refractivity contribution >= 4 is 0 Å². The van der Waals surface area contributed by atoms with Gasteiger partial charge < -0.3 is 10.1 Å². The maximum Gasteiger partial charge on any atom is 0.345 e. The molecule has 2 aromatic rings. The predicted octanol–water partition coefficient (Wildman–Crippen LogP) is 0.860. The SMILES string of the molecule is CNC(Cn1ncn(C)c1=O)c1cc(C)ccc1OC. The average molecular weight is 276 g/mol. The largest absolute Gasteiger partial charge is 0.496 e. The Morgan fingerprint density at radius 3 is 2.75 bits per heavy atom. The fourth-order valence-electron chi connectivity index (χ4n) is 2.19. The normalized spacial score (nSPS) is 12.4. The molecule has 1 N–H and O–H groups in total. The van der Waals surface area contributed by atoms with Crippen molar-refractivity contribution in [1.29, 1.82) is 0 Å². The van der Waals surface area contributed by atoms with Gasteiger partial charge in [0.2, 0.25) is 0 Å². The predicted molar refractivity (Wildman–Crippen MR) is 77.0 cm³/mol. The summed E-state index contributed by atoms with van der Waals surface area (Å²) in [6.45, 7) is 2.48. The van der Waals surface area contributed by atoms with Crippen molar-refractivity contribution < 1.29 is 4.74 Å². The van der Waals surface area contributed by atoms with Gasteiger partial charge in [0.25, 0.3) is 0 Å². The summed E-state index contributed by atoms with van der Waals surface area (Å²) < 4.78 is 8.31. The van der Waals surface area contributed by atoms with Crippen LogP contribution >= 0.6 is 0 Å². The van der Waals surface area contributed by atoms with Crippen molar-refractivity contribution in [3.8, 4) is 5.75 Å². The Labute approximate surface area is 118 Å². The van der Waals surface area contributed by atoms with Gasteiger partial charge in [-0.05, 0) is 20.0 Å². The summed E-state index contributed by atoms with van der Waals surface area (Å²) in [6, 6.07) is 5.96. The van der Waals surface area contributed by atoms with E-state index in [1.54, 1.807) is 14.2 Å². The number of aryl methyl sites for hydroxylation is 2. The molecule has 0 bridgehead atoms. The van der Waals surface area contributed by atoms with Gasteiger partial charge in [-0.15, -0.1) is 0 Å². The van der Waals surface area contributed by atoms with E-state index in [1.807, 2.05) is 26.1 Å². The zero-order chi connectivity index (χ0) is 14.7. The smallest absolute Gasteiger partial charge is 0.345 e. The summed E-state index contributed by atoms with van der Waals surface area (Å²) in [5.74, 6) is 0.805. The minimum absolute atomic E-state index is 0.0440. The molecule has 1 aromatic heterocycles. The van der Waals surface area contributed by atoms with Crippen LogP contribution in [0.25, 0.3) is 0 Å². The molecule has 20 heavy (non-hydrogen) atoms. The molecule has 1 unspecified atom stereocenters. The van der Waals surface area contributed by atoms with E-state index in [4.69, 9.17) is 4.74 Å². The Hall–Kier alpha value is -2.08. The van der Waals surface area contributed by atoms with E-state index >= 15 is 0 Å². The lowest BCUT2D eigenvalue weighted by atomic mass is 10.0. The van der Waals surface area contributed by atoms with Gasteiger partial charge in [-0.25, -0.2) is 9.48 Å². The van der Waals surface area contributed by atoms with Crippen LogP contribution in [0.1, 0.15) is 17.2 Å². The van der Waals surface area contributed by atoms with Crippen LogP contribution in [0.3, 0.4) is 0 Å². The van der Waals surface area contributed by atoms with E-state index in [-0.39, 0.29) is 11.7 Å². The molecule has 6 nitrogen and oxygen atoms in total. The lowest BCUT2D eigenvalue weighted by Gasteiger charge is -2.19. The third-order valence-corrected chi connectivity index (χ3v) is 3.35. The van der Waals surface area contributed by atoms with Crippen LogP contribution < -0.4 is 15.7 Å². The number of hydrogen-bond donors (Lipinski definition) is 1. The molecule has 108 valence electrons.